The van der Waals surface area contributed by atoms with Crippen molar-refractivity contribution in [3.8, 4) is 0 Å². The number of hydrogen-bond donors (Lipinski definition) is 1. The van der Waals surface area contributed by atoms with Gasteiger partial charge in [0.25, 0.3) is 0 Å². The molecule has 1 saturated heterocycles. The number of piperidine rings is 1. The van der Waals surface area contributed by atoms with Crippen LogP contribution in [0, 0.1) is 12.8 Å². The lowest BCUT2D eigenvalue weighted by molar-refractivity contribution is -0.126. The summed E-state index contributed by atoms with van der Waals surface area (Å²) in [6.45, 7) is 5.52. The Morgan fingerprint density at radius 3 is 2.67 bits per heavy atom. The van der Waals surface area contributed by atoms with Gasteiger partial charge in [0.05, 0.1) is 5.92 Å². The van der Waals surface area contributed by atoms with E-state index in [2.05, 4.69) is 46.4 Å². The number of benzene rings is 1. The van der Waals surface area contributed by atoms with Gasteiger partial charge in [-0.05, 0) is 49.6 Å². The Balaban J connectivity index is 1.51. The molecule has 126 valence electrons. The predicted molar refractivity (Wildman–Crippen MR) is 95.3 cm³/mol. The van der Waals surface area contributed by atoms with E-state index in [1.165, 1.54) is 11.1 Å². The second-order valence-corrected chi connectivity index (χ2v) is 6.63. The summed E-state index contributed by atoms with van der Waals surface area (Å²) >= 11 is 0. The van der Waals surface area contributed by atoms with Crippen LogP contribution < -0.4 is 5.32 Å². The predicted octanol–water partition coefficient (Wildman–Crippen LogP) is 2.92. The molecule has 2 heterocycles. The van der Waals surface area contributed by atoms with Gasteiger partial charge < -0.3 is 5.32 Å². The van der Waals surface area contributed by atoms with Crippen molar-refractivity contribution in [1.82, 2.24) is 15.2 Å². The summed E-state index contributed by atoms with van der Waals surface area (Å²) in [5.41, 5.74) is 3.69. The minimum Gasteiger partial charge on any atom is -0.352 e. The summed E-state index contributed by atoms with van der Waals surface area (Å²) in [4.78, 5) is 18.9. The third-order valence-electron chi connectivity index (χ3n) is 4.62. The van der Waals surface area contributed by atoms with E-state index in [1.54, 1.807) is 12.4 Å². The number of hydrogen-bond acceptors (Lipinski definition) is 3. The maximum Gasteiger partial charge on any atom is 0.224 e. The van der Waals surface area contributed by atoms with Gasteiger partial charge >= 0.3 is 0 Å². The highest BCUT2D eigenvalue weighted by Gasteiger charge is 2.25. The largest absolute Gasteiger partial charge is 0.352 e. The zero-order chi connectivity index (χ0) is 16.8. The summed E-state index contributed by atoms with van der Waals surface area (Å²) in [6.07, 6.45) is 5.57. The van der Waals surface area contributed by atoms with Gasteiger partial charge in [-0.1, -0.05) is 29.8 Å². The van der Waals surface area contributed by atoms with E-state index in [0.29, 0.717) is 6.54 Å². The number of carbonyl (C=O) groups excluding carboxylic acids is 1. The molecule has 1 fully saturated rings. The summed E-state index contributed by atoms with van der Waals surface area (Å²) in [5, 5.41) is 3.07. The second-order valence-electron chi connectivity index (χ2n) is 6.63. The number of nitrogens with zero attached hydrogens (tertiary/aromatic N) is 2. The molecule has 24 heavy (non-hydrogen) atoms. The van der Waals surface area contributed by atoms with Gasteiger partial charge in [0.1, 0.15) is 0 Å². The molecule has 0 bridgehead atoms. The average Bonchev–Trinajstić information content (AvgIpc) is 2.63. The maximum atomic E-state index is 12.5. The van der Waals surface area contributed by atoms with Gasteiger partial charge in [-0.3, -0.25) is 14.7 Å². The van der Waals surface area contributed by atoms with Crippen molar-refractivity contribution < 1.29 is 4.79 Å². The van der Waals surface area contributed by atoms with Crippen molar-refractivity contribution in [1.29, 1.82) is 0 Å². The minimum absolute atomic E-state index is 0.0889. The maximum absolute atomic E-state index is 12.5. The molecular formula is C20H25N3O. The van der Waals surface area contributed by atoms with Gasteiger partial charge in [0, 0.05) is 32.0 Å². The zero-order valence-electron chi connectivity index (χ0n) is 14.2. The molecule has 3 rings (SSSR count). The van der Waals surface area contributed by atoms with E-state index in [9.17, 15) is 4.79 Å². The van der Waals surface area contributed by atoms with Gasteiger partial charge in [0.2, 0.25) is 5.91 Å². The van der Waals surface area contributed by atoms with Crippen LogP contribution in [0.4, 0.5) is 0 Å². The van der Waals surface area contributed by atoms with Crippen LogP contribution in [-0.4, -0.2) is 28.9 Å². The molecule has 1 N–H and O–H groups in total. The normalized spacial score (nSPS) is 18.3. The van der Waals surface area contributed by atoms with Crippen molar-refractivity contribution >= 4 is 5.91 Å². The number of nitrogens with one attached hydrogen (secondary N) is 1. The van der Waals surface area contributed by atoms with E-state index in [4.69, 9.17) is 0 Å². The quantitative estimate of drug-likeness (QED) is 0.920. The van der Waals surface area contributed by atoms with E-state index in [1.807, 2.05) is 12.1 Å². The van der Waals surface area contributed by atoms with Crippen molar-refractivity contribution in [2.75, 3.05) is 13.1 Å². The number of aryl methyl sites for hydroxylation is 1. The Morgan fingerprint density at radius 2 is 1.92 bits per heavy atom. The molecule has 4 nitrogen and oxygen atoms in total. The SMILES string of the molecule is Cc1ccc(CN2CCCC(C(=O)NCc3ccncc3)C2)cc1. The van der Waals surface area contributed by atoms with Crippen molar-refractivity contribution in [3.63, 3.8) is 0 Å². The molecule has 0 radical (unpaired) electrons. The Hall–Kier alpha value is -2.20. The Morgan fingerprint density at radius 1 is 1.17 bits per heavy atom. The first-order valence-electron chi connectivity index (χ1n) is 8.65. The van der Waals surface area contributed by atoms with E-state index < -0.39 is 0 Å². The van der Waals surface area contributed by atoms with Crippen molar-refractivity contribution in [3.05, 3.63) is 65.5 Å². The van der Waals surface area contributed by atoms with E-state index in [-0.39, 0.29) is 11.8 Å². The Labute approximate surface area is 143 Å². The topological polar surface area (TPSA) is 45.2 Å². The van der Waals surface area contributed by atoms with Crippen LogP contribution in [0.2, 0.25) is 0 Å². The van der Waals surface area contributed by atoms with Crippen molar-refractivity contribution in [2.24, 2.45) is 5.92 Å². The number of pyridine rings is 1. The fourth-order valence-electron chi connectivity index (χ4n) is 3.20. The van der Waals surface area contributed by atoms with Crippen LogP contribution >= 0.6 is 0 Å². The van der Waals surface area contributed by atoms with Crippen LogP contribution in [0.3, 0.4) is 0 Å². The average molecular weight is 323 g/mol. The number of rotatable bonds is 5. The molecule has 1 aliphatic heterocycles. The first kappa shape index (κ1) is 16.7. The fourth-order valence-corrected chi connectivity index (χ4v) is 3.20. The monoisotopic (exact) mass is 323 g/mol. The molecule has 0 aliphatic carbocycles. The van der Waals surface area contributed by atoms with Gasteiger partial charge in [-0.2, -0.15) is 0 Å². The van der Waals surface area contributed by atoms with E-state index >= 15 is 0 Å². The molecule has 1 unspecified atom stereocenters. The van der Waals surface area contributed by atoms with Gasteiger partial charge in [-0.15, -0.1) is 0 Å². The molecule has 1 aromatic heterocycles. The highest BCUT2D eigenvalue weighted by molar-refractivity contribution is 5.78. The lowest BCUT2D eigenvalue weighted by atomic mass is 9.96. The van der Waals surface area contributed by atoms with Gasteiger partial charge in [-0.25, -0.2) is 0 Å². The number of amides is 1. The van der Waals surface area contributed by atoms with Crippen molar-refractivity contribution in [2.45, 2.75) is 32.9 Å². The minimum atomic E-state index is 0.0889. The molecule has 1 atom stereocenters. The summed E-state index contributed by atoms with van der Waals surface area (Å²) in [5.74, 6) is 0.256. The number of carbonyl (C=O) groups is 1. The first-order chi connectivity index (χ1) is 11.7. The highest BCUT2D eigenvalue weighted by Crippen LogP contribution is 2.19. The van der Waals surface area contributed by atoms with Crippen LogP contribution in [0.15, 0.2) is 48.8 Å². The third kappa shape index (κ3) is 4.65. The Kier molecular flexibility index (Phi) is 5.59. The molecular weight excluding hydrogens is 298 g/mol. The van der Waals surface area contributed by atoms with Crippen LogP contribution in [0.5, 0.6) is 0 Å². The molecule has 1 aromatic carbocycles. The molecule has 2 aromatic rings. The van der Waals surface area contributed by atoms with Crippen LogP contribution in [-0.2, 0) is 17.9 Å². The first-order valence-corrected chi connectivity index (χ1v) is 8.65. The molecule has 1 aliphatic rings. The summed E-state index contributed by atoms with van der Waals surface area (Å²) in [6, 6.07) is 12.5. The summed E-state index contributed by atoms with van der Waals surface area (Å²) < 4.78 is 0. The second kappa shape index (κ2) is 8.06. The summed E-state index contributed by atoms with van der Waals surface area (Å²) in [7, 11) is 0. The van der Waals surface area contributed by atoms with Crippen LogP contribution in [0.25, 0.3) is 0 Å². The third-order valence-corrected chi connectivity index (χ3v) is 4.62. The molecule has 4 heteroatoms. The van der Waals surface area contributed by atoms with E-state index in [0.717, 1.165) is 38.0 Å². The number of aromatic nitrogens is 1. The molecule has 0 saturated carbocycles. The van der Waals surface area contributed by atoms with Crippen LogP contribution in [0.1, 0.15) is 29.5 Å². The molecule has 0 spiro atoms. The molecule has 1 amide bonds. The lowest BCUT2D eigenvalue weighted by Gasteiger charge is -2.32. The zero-order valence-corrected chi connectivity index (χ0v) is 14.2. The highest BCUT2D eigenvalue weighted by atomic mass is 16.1. The van der Waals surface area contributed by atoms with Gasteiger partial charge in [0.15, 0.2) is 0 Å². The smallest absolute Gasteiger partial charge is 0.224 e. The number of likely N-dealkylation sites (tertiary alicyclic amines) is 1. The fraction of sp³-hybridized carbons (Fsp3) is 0.400. The lowest BCUT2D eigenvalue weighted by Crippen LogP contribution is -2.42. The Bertz CT molecular complexity index is 654. The standard InChI is InChI=1S/C20H25N3O/c1-16-4-6-18(7-5-16)14-23-12-2-3-19(15-23)20(24)22-13-17-8-10-21-11-9-17/h4-11,19H,2-3,12-15H2,1H3,(H,22,24).